The lowest BCUT2D eigenvalue weighted by Gasteiger charge is -2.26. The summed E-state index contributed by atoms with van der Waals surface area (Å²) in [5.41, 5.74) is 6.12. The first kappa shape index (κ1) is 10.7. The zero-order valence-corrected chi connectivity index (χ0v) is 8.80. The summed E-state index contributed by atoms with van der Waals surface area (Å²) in [7, 11) is 1.29. The first-order chi connectivity index (χ1) is 7.70. The third-order valence-electron chi connectivity index (χ3n) is 2.21. The van der Waals surface area contributed by atoms with Gasteiger partial charge >= 0.3 is 5.97 Å². The molecule has 1 aromatic heterocycles. The molecule has 16 heavy (non-hydrogen) atoms. The fraction of sp³-hybridized carbons (Fsp3) is 0.400. The van der Waals surface area contributed by atoms with E-state index in [1.54, 1.807) is 0 Å². The van der Waals surface area contributed by atoms with E-state index in [0.717, 1.165) is 0 Å². The van der Waals surface area contributed by atoms with Crippen molar-refractivity contribution >= 4 is 11.7 Å². The molecule has 86 valence electrons. The van der Waals surface area contributed by atoms with Gasteiger partial charge in [0.25, 0.3) is 0 Å². The summed E-state index contributed by atoms with van der Waals surface area (Å²) < 4.78 is 15.0. The fourth-order valence-corrected chi connectivity index (χ4v) is 1.25. The minimum atomic E-state index is -0.505. The number of hydrogen-bond donors (Lipinski definition) is 1. The summed E-state index contributed by atoms with van der Waals surface area (Å²) in [5.74, 6) is -0.155. The van der Waals surface area contributed by atoms with Gasteiger partial charge in [-0.3, -0.25) is 0 Å². The Hall–Kier alpha value is -1.82. The van der Waals surface area contributed by atoms with Crippen molar-refractivity contribution in [1.82, 2.24) is 4.98 Å². The number of aromatic nitrogens is 1. The van der Waals surface area contributed by atoms with Crippen LogP contribution in [0.25, 0.3) is 0 Å². The number of nitrogens with two attached hydrogens (primary N) is 1. The quantitative estimate of drug-likeness (QED) is 0.740. The van der Waals surface area contributed by atoms with Crippen LogP contribution in [-0.2, 0) is 9.47 Å². The van der Waals surface area contributed by atoms with Crippen LogP contribution >= 0.6 is 0 Å². The molecule has 6 heteroatoms. The average molecular weight is 224 g/mol. The first-order valence-electron chi connectivity index (χ1n) is 4.79. The summed E-state index contributed by atoms with van der Waals surface area (Å²) in [6, 6.07) is 1.47. The van der Waals surface area contributed by atoms with Gasteiger partial charge in [0, 0.05) is 6.07 Å². The molecule has 0 amide bonds. The molecule has 0 aromatic carbocycles. The van der Waals surface area contributed by atoms with Crippen LogP contribution < -0.4 is 10.5 Å². The number of carbonyl (C=O) groups is 1. The summed E-state index contributed by atoms with van der Waals surface area (Å²) in [6.07, 6.45) is 1.38. The molecule has 0 atom stereocenters. The molecule has 6 nitrogen and oxygen atoms in total. The van der Waals surface area contributed by atoms with Crippen LogP contribution in [0.4, 0.5) is 5.69 Å². The summed E-state index contributed by atoms with van der Waals surface area (Å²) >= 11 is 0. The molecule has 0 saturated carbocycles. The lowest BCUT2D eigenvalue weighted by Crippen LogP contribution is -2.38. The van der Waals surface area contributed by atoms with Crippen LogP contribution in [0.2, 0.25) is 0 Å². The van der Waals surface area contributed by atoms with E-state index >= 15 is 0 Å². The molecule has 1 aliphatic heterocycles. The Morgan fingerprint density at radius 3 is 2.94 bits per heavy atom. The Kier molecular flexibility index (Phi) is 2.91. The van der Waals surface area contributed by atoms with E-state index < -0.39 is 5.97 Å². The van der Waals surface area contributed by atoms with Crippen molar-refractivity contribution in [1.29, 1.82) is 0 Å². The van der Waals surface area contributed by atoms with Gasteiger partial charge in [-0.1, -0.05) is 0 Å². The smallest absolute Gasteiger partial charge is 0.340 e. The number of esters is 1. The van der Waals surface area contributed by atoms with Crippen molar-refractivity contribution in [2.45, 2.75) is 6.10 Å². The van der Waals surface area contributed by atoms with Crippen molar-refractivity contribution in [2.75, 3.05) is 26.1 Å². The molecule has 2 heterocycles. The predicted molar refractivity (Wildman–Crippen MR) is 55.2 cm³/mol. The van der Waals surface area contributed by atoms with E-state index in [2.05, 4.69) is 9.72 Å². The maximum atomic E-state index is 11.3. The van der Waals surface area contributed by atoms with Crippen LogP contribution in [0.3, 0.4) is 0 Å². The molecular weight excluding hydrogens is 212 g/mol. The number of pyridine rings is 1. The van der Waals surface area contributed by atoms with Crippen molar-refractivity contribution in [2.24, 2.45) is 0 Å². The van der Waals surface area contributed by atoms with E-state index in [0.29, 0.717) is 19.1 Å². The normalized spacial score (nSPS) is 15.3. The summed E-state index contributed by atoms with van der Waals surface area (Å²) in [6.45, 7) is 1.08. The Labute approximate surface area is 92.3 Å². The van der Waals surface area contributed by atoms with Gasteiger partial charge in [0.1, 0.15) is 6.10 Å². The van der Waals surface area contributed by atoms with Gasteiger partial charge in [-0.2, -0.15) is 0 Å². The monoisotopic (exact) mass is 224 g/mol. The lowest BCUT2D eigenvalue weighted by atomic mass is 10.2. The lowest BCUT2D eigenvalue weighted by molar-refractivity contribution is -0.0813. The Morgan fingerprint density at radius 1 is 1.62 bits per heavy atom. The number of methoxy groups -OCH3 is 1. The number of ether oxygens (including phenoxy) is 3. The van der Waals surface area contributed by atoms with Crippen molar-refractivity contribution in [3.8, 4) is 5.88 Å². The van der Waals surface area contributed by atoms with E-state index in [4.69, 9.17) is 15.2 Å². The SMILES string of the molecule is COC(=O)c1cc(OC2COC2)ncc1N. The van der Waals surface area contributed by atoms with Crippen molar-refractivity contribution in [3.05, 3.63) is 17.8 Å². The first-order valence-corrected chi connectivity index (χ1v) is 4.79. The highest BCUT2D eigenvalue weighted by atomic mass is 16.6. The number of nitrogens with zero attached hydrogens (tertiary/aromatic N) is 1. The maximum absolute atomic E-state index is 11.3. The van der Waals surface area contributed by atoms with Gasteiger partial charge in [0.15, 0.2) is 0 Å². The highest BCUT2D eigenvalue weighted by Gasteiger charge is 2.21. The molecule has 1 saturated heterocycles. The Bertz CT molecular complexity index is 404. The third-order valence-corrected chi connectivity index (χ3v) is 2.21. The second-order valence-corrected chi connectivity index (χ2v) is 3.38. The molecule has 0 spiro atoms. The average Bonchev–Trinajstić information content (AvgIpc) is 2.24. The second kappa shape index (κ2) is 4.36. The zero-order valence-electron chi connectivity index (χ0n) is 8.80. The van der Waals surface area contributed by atoms with Gasteiger partial charge < -0.3 is 19.9 Å². The second-order valence-electron chi connectivity index (χ2n) is 3.38. The van der Waals surface area contributed by atoms with Crippen LogP contribution in [0.1, 0.15) is 10.4 Å². The van der Waals surface area contributed by atoms with E-state index in [9.17, 15) is 4.79 Å². The minimum absolute atomic E-state index is 0.00150. The van der Waals surface area contributed by atoms with Gasteiger partial charge in [0.05, 0.1) is 37.8 Å². The highest BCUT2D eigenvalue weighted by molar-refractivity contribution is 5.95. The van der Waals surface area contributed by atoms with Crippen molar-refractivity contribution < 1.29 is 19.0 Å². The van der Waals surface area contributed by atoms with Crippen molar-refractivity contribution in [3.63, 3.8) is 0 Å². The molecule has 0 unspecified atom stereocenters. The third kappa shape index (κ3) is 2.06. The molecule has 2 N–H and O–H groups in total. The zero-order chi connectivity index (χ0) is 11.5. The molecule has 0 radical (unpaired) electrons. The van der Waals surface area contributed by atoms with E-state index in [-0.39, 0.29) is 17.4 Å². The highest BCUT2D eigenvalue weighted by Crippen LogP contribution is 2.19. The number of nitrogen functional groups attached to an aromatic ring is 1. The molecule has 2 rings (SSSR count). The van der Waals surface area contributed by atoms with Gasteiger partial charge in [0.2, 0.25) is 5.88 Å². The molecule has 1 aliphatic rings. The summed E-state index contributed by atoms with van der Waals surface area (Å²) in [4.78, 5) is 15.3. The molecule has 1 aromatic rings. The number of hydrogen-bond acceptors (Lipinski definition) is 6. The van der Waals surface area contributed by atoms with Gasteiger partial charge in [-0.05, 0) is 0 Å². The summed E-state index contributed by atoms with van der Waals surface area (Å²) in [5, 5.41) is 0. The number of anilines is 1. The maximum Gasteiger partial charge on any atom is 0.340 e. The van der Waals surface area contributed by atoms with Gasteiger partial charge in [-0.25, -0.2) is 9.78 Å². The largest absolute Gasteiger partial charge is 0.469 e. The number of rotatable bonds is 3. The van der Waals surface area contributed by atoms with E-state index in [1.807, 2.05) is 0 Å². The standard InChI is InChI=1S/C10H12N2O4/c1-14-10(13)7-2-9(12-3-8(7)11)16-6-4-15-5-6/h2-3,6H,4-5,11H2,1H3. The number of carbonyl (C=O) groups excluding carboxylic acids is 1. The molecular formula is C10H12N2O4. The van der Waals surface area contributed by atoms with Crippen LogP contribution in [-0.4, -0.2) is 37.4 Å². The Balaban J connectivity index is 2.17. The topological polar surface area (TPSA) is 83.7 Å². The molecule has 0 aliphatic carbocycles. The van der Waals surface area contributed by atoms with Crippen LogP contribution in [0.15, 0.2) is 12.3 Å². The van der Waals surface area contributed by atoms with E-state index in [1.165, 1.54) is 19.4 Å². The van der Waals surface area contributed by atoms with Crippen LogP contribution in [0.5, 0.6) is 5.88 Å². The fourth-order valence-electron chi connectivity index (χ4n) is 1.25. The predicted octanol–water partition coefficient (Wildman–Crippen LogP) is 0.228. The molecule has 0 bridgehead atoms. The minimum Gasteiger partial charge on any atom is -0.469 e. The Morgan fingerprint density at radius 2 is 2.38 bits per heavy atom. The molecule has 1 fully saturated rings. The van der Waals surface area contributed by atoms with Crippen LogP contribution in [0, 0.1) is 0 Å². The van der Waals surface area contributed by atoms with Gasteiger partial charge in [-0.15, -0.1) is 0 Å².